The molecule has 1 rings (SSSR count). The first-order valence-corrected chi connectivity index (χ1v) is 14.5. The second-order valence-electron chi connectivity index (χ2n) is 9.76. The third-order valence-electron chi connectivity index (χ3n) is 5.97. The zero-order valence-corrected chi connectivity index (χ0v) is 28.4. The van der Waals surface area contributed by atoms with E-state index in [4.69, 9.17) is 33.5 Å². The van der Waals surface area contributed by atoms with E-state index in [-0.39, 0.29) is 6.61 Å². The first-order valence-electron chi connectivity index (χ1n) is 14.5. The van der Waals surface area contributed by atoms with Crippen molar-refractivity contribution in [2.45, 2.75) is 83.8 Å². The Bertz CT molecular complexity index is 1260. The van der Waals surface area contributed by atoms with Crippen molar-refractivity contribution in [1.29, 1.82) is 0 Å². The van der Waals surface area contributed by atoms with Crippen LogP contribution in [0.25, 0.3) is 0 Å². The molecule has 18 nitrogen and oxygen atoms in total. The second kappa shape index (κ2) is 23.3. The Kier molecular flexibility index (Phi) is 20.8. The average Bonchev–Trinajstić information content (AvgIpc) is 3.07. The molecular formula is C31H42O18. The molecular weight excluding hydrogens is 660 g/mol. The van der Waals surface area contributed by atoms with Gasteiger partial charge in [0.25, 0.3) is 0 Å². The van der Waals surface area contributed by atoms with Crippen LogP contribution in [0.15, 0.2) is 30.3 Å². The summed E-state index contributed by atoms with van der Waals surface area (Å²) in [5.74, 6) is -7.25. The molecule has 0 saturated heterocycles. The fourth-order valence-corrected chi connectivity index (χ4v) is 3.21. The van der Waals surface area contributed by atoms with E-state index in [1.54, 1.807) is 24.3 Å². The Morgan fingerprint density at radius 3 is 1.31 bits per heavy atom. The summed E-state index contributed by atoms with van der Waals surface area (Å²) in [4.78, 5) is 91.8. The van der Waals surface area contributed by atoms with Crippen LogP contribution < -0.4 is 0 Å². The first kappa shape index (κ1) is 43.9. The van der Waals surface area contributed by atoms with Gasteiger partial charge in [-0.05, 0) is 33.3 Å². The predicted molar refractivity (Wildman–Crippen MR) is 161 cm³/mol. The van der Waals surface area contributed by atoms with Crippen molar-refractivity contribution in [3.8, 4) is 0 Å². The van der Waals surface area contributed by atoms with Gasteiger partial charge in [-0.3, -0.25) is 9.59 Å². The third-order valence-corrected chi connectivity index (χ3v) is 5.97. The van der Waals surface area contributed by atoms with Gasteiger partial charge in [0.1, 0.15) is 6.61 Å². The van der Waals surface area contributed by atoms with Crippen LogP contribution in [0.1, 0.15) is 46.1 Å². The van der Waals surface area contributed by atoms with Crippen LogP contribution in [0, 0.1) is 0 Å². The number of methoxy groups -OCH3 is 4. The molecule has 6 atom stereocenters. The molecule has 0 heterocycles. The van der Waals surface area contributed by atoms with Gasteiger partial charge < -0.3 is 47.7 Å². The summed E-state index contributed by atoms with van der Waals surface area (Å²) >= 11 is 0. The number of ether oxygens (including phenoxy) is 9. The average molecular weight is 703 g/mol. The minimum Gasteiger partial charge on any atom is -0.479 e. The molecule has 0 radical (unpaired) electrons. The molecule has 0 bridgehead atoms. The van der Waals surface area contributed by atoms with Crippen LogP contribution in [0.4, 0.5) is 0 Å². The van der Waals surface area contributed by atoms with Crippen molar-refractivity contribution in [2.75, 3.05) is 28.4 Å². The van der Waals surface area contributed by atoms with Gasteiger partial charge >= 0.3 is 47.8 Å². The molecule has 1 N–H and O–H groups in total. The quantitative estimate of drug-likeness (QED) is 0.163. The molecule has 0 amide bonds. The number of hydrogen-bond donors (Lipinski definition) is 1. The first-order chi connectivity index (χ1) is 23.0. The summed E-state index contributed by atoms with van der Waals surface area (Å²) in [6.07, 6.45) is -8.42. The number of esters is 7. The molecule has 0 fully saturated rings. The van der Waals surface area contributed by atoms with Crippen LogP contribution in [0.5, 0.6) is 0 Å². The number of hydrogen-bond acceptors (Lipinski definition) is 17. The molecule has 274 valence electrons. The van der Waals surface area contributed by atoms with Crippen molar-refractivity contribution in [3.63, 3.8) is 0 Å². The number of carbonyl (C=O) groups is 8. The highest BCUT2D eigenvalue weighted by atomic mass is 16.6. The number of rotatable bonds is 18. The third kappa shape index (κ3) is 17.6. The lowest BCUT2D eigenvalue weighted by Crippen LogP contribution is -2.34. The molecule has 0 aliphatic heterocycles. The van der Waals surface area contributed by atoms with E-state index in [0.29, 0.717) is 0 Å². The van der Waals surface area contributed by atoms with E-state index in [9.17, 15) is 38.4 Å². The van der Waals surface area contributed by atoms with Crippen LogP contribution in [-0.2, 0) is 87.6 Å². The fourth-order valence-electron chi connectivity index (χ4n) is 3.21. The van der Waals surface area contributed by atoms with Crippen molar-refractivity contribution < 1.29 is 86.1 Å². The summed E-state index contributed by atoms with van der Waals surface area (Å²) in [5, 5.41) is 8.70. The summed E-state index contributed by atoms with van der Waals surface area (Å²) in [6.45, 7) is 5.15. The highest BCUT2D eigenvalue weighted by Crippen LogP contribution is 2.09. The molecule has 49 heavy (non-hydrogen) atoms. The molecule has 18 heteroatoms. The molecule has 0 aromatic heterocycles. The number of carbonyl (C=O) groups excluding carboxylic acids is 7. The van der Waals surface area contributed by atoms with E-state index in [1.165, 1.54) is 34.8 Å². The van der Waals surface area contributed by atoms with Crippen molar-refractivity contribution >= 4 is 47.8 Å². The summed E-state index contributed by atoms with van der Waals surface area (Å²) < 4.78 is 42.6. The predicted octanol–water partition coefficient (Wildman–Crippen LogP) is 0.684. The Hall–Kier alpha value is -5.10. The van der Waals surface area contributed by atoms with E-state index < -0.39 is 97.2 Å². The molecule has 0 saturated carbocycles. The smallest absolute Gasteiger partial charge is 0.347 e. The van der Waals surface area contributed by atoms with E-state index in [1.807, 2.05) is 6.07 Å². The Balaban J connectivity index is 0.000000983. The van der Waals surface area contributed by atoms with Gasteiger partial charge in [-0.25, -0.2) is 28.8 Å². The van der Waals surface area contributed by atoms with Crippen LogP contribution >= 0.6 is 0 Å². The van der Waals surface area contributed by atoms with Crippen molar-refractivity contribution in [3.05, 3.63) is 35.9 Å². The van der Waals surface area contributed by atoms with Gasteiger partial charge in [0.2, 0.25) is 0 Å². The molecule has 6 unspecified atom stereocenters. The minimum absolute atomic E-state index is 0.0305. The van der Waals surface area contributed by atoms with Gasteiger partial charge in [-0.15, -0.1) is 0 Å². The van der Waals surface area contributed by atoms with E-state index >= 15 is 0 Å². The zero-order valence-electron chi connectivity index (χ0n) is 28.4. The molecule has 1 aromatic carbocycles. The molecule has 1 aromatic rings. The van der Waals surface area contributed by atoms with Gasteiger partial charge in [0.15, 0.2) is 36.6 Å². The second-order valence-corrected chi connectivity index (χ2v) is 9.76. The topological polar surface area (TPSA) is 240 Å². The summed E-state index contributed by atoms with van der Waals surface area (Å²) in [7, 11) is 4.66. The number of carboxylic acid groups (broad SMARTS) is 1. The Morgan fingerprint density at radius 2 is 0.939 bits per heavy atom. The lowest BCUT2D eigenvalue weighted by atomic mass is 10.2. The highest BCUT2D eigenvalue weighted by molar-refractivity contribution is 5.86. The van der Waals surface area contributed by atoms with Gasteiger partial charge in [0, 0.05) is 14.2 Å². The molecule has 0 spiro atoms. The van der Waals surface area contributed by atoms with Gasteiger partial charge in [-0.1, -0.05) is 30.3 Å². The Labute approximate surface area is 282 Å². The number of carboxylic acids is 1. The maximum absolute atomic E-state index is 12.1. The maximum atomic E-state index is 12.1. The Morgan fingerprint density at radius 1 is 0.551 bits per heavy atom. The standard InChI is InChI=1S/C19H24O9.C12H18O9/c1-12(17(21)25-4)28-18(22)13(2)27-16(20)10-15(24-3)19(23)26-11-14-8-6-5-7-9-14;1-6(11(16)19-4)21-12(17)7(2)20-9(13)5-8(18-3)10(14)15/h5-9,12-13,15H,10-11H2,1-4H3;6-8H,5H2,1-4H3,(H,14,15). The molecule has 0 aliphatic rings. The number of aliphatic carboxylic acids is 1. The normalized spacial score (nSPS) is 14.0. The fraction of sp³-hybridized carbons (Fsp3) is 0.548. The van der Waals surface area contributed by atoms with E-state index in [0.717, 1.165) is 26.9 Å². The van der Waals surface area contributed by atoms with Crippen LogP contribution in [-0.4, -0.2) is 118 Å². The SMILES string of the molecule is COC(=O)C(C)OC(=O)C(C)OC(=O)CC(OC)C(=O)O.COC(=O)C(C)OC(=O)C(C)OC(=O)CC(OC)C(=O)OCc1ccccc1. The zero-order chi connectivity index (χ0) is 37.7. The van der Waals surface area contributed by atoms with Crippen LogP contribution in [0.2, 0.25) is 0 Å². The van der Waals surface area contributed by atoms with Crippen molar-refractivity contribution in [2.24, 2.45) is 0 Å². The van der Waals surface area contributed by atoms with E-state index in [2.05, 4.69) is 14.2 Å². The molecule has 0 aliphatic carbocycles. The largest absolute Gasteiger partial charge is 0.479 e. The monoisotopic (exact) mass is 702 g/mol. The highest BCUT2D eigenvalue weighted by Gasteiger charge is 2.30. The van der Waals surface area contributed by atoms with Crippen LogP contribution in [0.3, 0.4) is 0 Å². The summed E-state index contributed by atoms with van der Waals surface area (Å²) in [5.41, 5.74) is 0.782. The lowest BCUT2D eigenvalue weighted by molar-refractivity contribution is -0.177. The lowest BCUT2D eigenvalue weighted by Gasteiger charge is -2.17. The van der Waals surface area contributed by atoms with Gasteiger partial charge in [-0.2, -0.15) is 0 Å². The maximum Gasteiger partial charge on any atom is 0.347 e. The number of benzene rings is 1. The summed E-state index contributed by atoms with van der Waals surface area (Å²) in [6, 6.07) is 9.00. The minimum atomic E-state index is -1.37. The van der Waals surface area contributed by atoms with Gasteiger partial charge in [0.05, 0.1) is 27.1 Å². The van der Waals surface area contributed by atoms with Crippen molar-refractivity contribution in [1.82, 2.24) is 0 Å².